The molecule has 3 N–H and O–H groups in total. The molecule has 0 bridgehead atoms. The van der Waals surface area contributed by atoms with Crippen LogP contribution in [0.3, 0.4) is 0 Å². The van der Waals surface area contributed by atoms with Crippen LogP contribution in [0.4, 0.5) is 16.2 Å². The van der Waals surface area contributed by atoms with Crippen molar-refractivity contribution in [3.8, 4) is 0 Å². The number of amides is 2. The SMILES string of the molecule is COC(=O)CC(C)Cc1ccc(N2CCN(c3ccc(C(=N)N)cc3)C2=O)cc1. The van der Waals surface area contributed by atoms with Crippen LogP contribution in [0, 0.1) is 11.3 Å². The number of methoxy groups -OCH3 is 1. The smallest absolute Gasteiger partial charge is 0.329 e. The van der Waals surface area contributed by atoms with Crippen LogP contribution in [0.25, 0.3) is 0 Å². The first kappa shape index (κ1) is 20.4. The predicted molar refractivity (Wildman–Crippen MR) is 113 cm³/mol. The molecule has 2 aromatic carbocycles. The number of benzene rings is 2. The molecule has 29 heavy (non-hydrogen) atoms. The molecule has 152 valence electrons. The third-order valence-electron chi connectivity index (χ3n) is 5.07. The van der Waals surface area contributed by atoms with E-state index >= 15 is 0 Å². The molecule has 0 aromatic heterocycles. The Bertz CT molecular complexity index is 893. The van der Waals surface area contributed by atoms with Crippen molar-refractivity contribution < 1.29 is 14.3 Å². The predicted octanol–water partition coefficient (Wildman–Crippen LogP) is 3.16. The fourth-order valence-corrected chi connectivity index (χ4v) is 3.49. The number of amidine groups is 1. The number of anilines is 2. The molecular formula is C22H26N4O3. The second-order valence-corrected chi connectivity index (χ2v) is 7.30. The minimum Gasteiger partial charge on any atom is -0.469 e. The van der Waals surface area contributed by atoms with Crippen molar-refractivity contribution in [1.82, 2.24) is 0 Å². The van der Waals surface area contributed by atoms with E-state index in [0.717, 1.165) is 23.4 Å². The van der Waals surface area contributed by atoms with Gasteiger partial charge in [0.1, 0.15) is 5.84 Å². The Morgan fingerprint density at radius 3 is 2.07 bits per heavy atom. The highest BCUT2D eigenvalue weighted by atomic mass is 16.5. The van der Waals surface area contributed by atoms with Crippen LogP contribution in [0.15, 0.2) is 48.5 Å². The number of rotatable bonds is 7. The van der Waals surface area contributed by atoms with Crippen molar-refractivity contribution in [3.63, 3.8) is 0 Å². The number of ether oxygens (including phenoxy) is 1. The lowest BCUT2D eigenvalue weighted by Crippen LogP contribution is -2.31. The zero-order valence-electron chi connectivity index (χ0n) is 16.7. The molecule has 2 aromatic rings. The summed E-state index contributed by atoms with van der Waals surface area (Å²) in [4.78, 5) is 27.7. The first-order valence-electron chi connectivity index (χ1n) is 9.58. The lowest BCUT2D eigenvalue weighted by atomic mass is 9.98. The summed E-state index contributed by atoms with van der Waals surface area (Å²) < 4.78 is 4.72. The normalized spacial score (nSPS) is 14.8. The van der Waals surface area contributed by atoms with E-state index in [1.807, 2.05) is 43.3 Å². The van der Waals surface area contributed by atoms with E-state index in [9.17, 15) is 9.59 Å². The average molecular weight is 394 g/mol. The highest BCUT2D eigenvalue weighted by Gasteiger charge is 2.30. The number of urea groups is 1. The van der Waals surface area contributed by atoms with Gasteiger partial charge in [0.15, 0.2) is 0 Å². The molecule has 1 saturated heterocycles. The minimum absolute atomic E-state index is 0.00641. The lowest BCUT2D eigenvalue weighted by Gasteiger charge is -2.19. The molecule has 1 unspecified atom stereocenters. The van der Waals surface area contributed by atoms with Crippen LogP contribution in [0.5, 0.6) is 0 Å². The average Bonchev–Trinajstić information content (AvgIpc) is 3.09. The maximum Gasteiger partial charge on any atom is 0.329 e. The third-order valence-corrected chi connectivity index (χ3v) is 5.07. The summed E-state index contributed by atoms with van der Waals surface area (Å²) in [6.07, 6.45) is 1.16. The van der Waals surface area contributed by atoms with Gasteiger partial charge in [-0.1, -0.05) is 19.1 Å². The van der Waals surface area contributed by atoms with Crippen molar-refractivity contribution in [2.24, 2.45) is 11.7 Å². The van der Waals surface area contributed by atoms with Gasteiger partial charge in [0, 0.05) is 36.4 Å². The molecule has 0 radical (unpaired) electrons. The zero-order valence-corrected chi connectivity index (χ0v) is 16.7. The summed E-state index contributed by atoms with van der Waals surface area (Å²) in [6, 6.07) is 14.9. The van der Waals surface area contributed by atoms with E-state index in [1.54, 1.807) is 21.9 Å². The number of hydrogen-bond acceptors (Lipinski definition) is 4. The van der Waals surface area contributed by atoms with Crippen LogP contribution < -0.4 is 15.5 Å². The maximum absolute atomic E-state index is 12.9. The van der Waals surface area contributed by atoms with Gasteiger partial charge in [-0.3, -0.25) is 20.0 Å². The minimum atomic E-state index is -0.201. The summed E-state index contributed by atoms with van der Waals surface area (Å²) in [5, 5.41) is 7.47. The summed E-state index contributed by atoms with van der Waals surface area (Å²) in [7, 11) is 1.40. The second-order valence-electron chi connectivity index (χ2n) is 7.30. The number of carbonyl (C=O) groups excluding carboxylic acids is 2. The van der Waals surface area contributed by atoms with E-state index in [1.165, 1.54) is 7.11 Å². The van der Waals surface area contributed by atoms with Gasteiger partial charge in [0.05, 0.1) is 7.11 Å². The van der Waals surface area contributed by atoms with Gasteiger partial charge < -0.3 is 10.5 Å². The fourth-order valence-electron chi connectivity index (χ4n) is 3.49. The molecule has 7 nitrogen and oxygen atoms in total. The van der Waals surface area contributed by atoms with Crippen LogP contribution in [0.1, 0.15) is 24.5 Å². The molecule has 7 heteroatoms. The Balaban J connectivity index is 1.65. The molecule has 3 rings (SSSR count). The van der Waals surface area contributed by atoms with Gasteiger partial charge in [-0.05, 0) is 54.3 Å². The van der Waals surface area contributed by atoms with Crippen molar-refractivity contribution in [2.75, 3.05) is 30.0 Å². The summed E-state index contributed by atoms with van der Waals surface area (Å²) in [6.45, 7) is 3.21. The van der Waals surface area contributed by atoms with Gasteiger partial charge in [-0.15, -0.1) is 0 Å². The number of hydrogen-bond donors (Lipinski definition) is 2. The summed E-state index contributed by atoms with van der Waals surface area (Å²) in [5.41, 5.74) is 8.88. The van der Waals surface area contributed by atoms with E-state index in [-0.39, 0.29) is 23.8 Å². The van der Waals surface area contributed by atoms with E-state index < -0.39 is 0 Å². The Hall–Kier alpha value is -3.35. The number of carbonyl (C=O) groups is 2. The topological polar surface area (TPSA) is 99.7 Å². The molecule has 0 spiro atoms. The van der Waals surface area contributed by atoms with Crippen molar-refractivity contribution in [2.45, 2.75) is 19.8 Å². The Morgan fingerprint density at radius 1 is 1.07 bits per heavy atom. The first-order valence-corrected chi connectivity index (χ1v) is 9.58. The van der Waals surface area contributed by atoms with Crippen LogP contribution >= 0.6 is 0 Å². The van der Waals surface area contributed by atoms with Crippen LogP contribution in [0.2, 0.25) is 0 Å². The zero-order chi connectivity index (χ0) is 21.0. The highest BCUT2D eigenvalue weighted by Crippen LogP contribution is 2.26. The summed E-state index contributed by atoms with van der Waals surface area (Å²) in [5.74, 6) is -0.00434. The fraction of sp³-hybridized carbons (Fsp3) is 0.318. The number of nitrogens with two attached hydrogens (primary N) is 1. The second kappa shape index (κ2) is 8.77. The monoisotopic (exact) mass is 394 g/mol. The Morgan fingerprint density at radius 2 is 1.59 bits per heavy atom. The molecule has 1 aliphatic heterocycles. The third kappa shape index (κ3) is 4.74. The molecular weight excluding hydrogens is 368 g/mol. The van der Waals surface area contributed by atoms with Crippen molar-refractivity contribution in [1.29, 1.82) is 5.41 Å². The van der Waals surface area contributed by atoms with Gasteiger partial charge in [-0.25, -0.2) is 4.79 Å². The van der Waals surface area contributed by atoms with Gasteiger partial charge in [0.25, 0.3) is 0 Å². The maximum atomic E-state index is 12.9. The number of esters is 1. The summed E-state index contributed by atoms with van der Waals surface area (Å²) >= 11 is 0. The van der Waals surface area contributed by atoms with Gasteiger partial charge >= 0.3 is 12.0 Å². The Labute approximate surface area is 170 Å². The molecule has 0 aliphatic carbocycles. The van der Waals surface area contributed by atoms with Crippen molar-refractivity contribution >= 4 is 29.2 Å². The quantitative estimate of drug-likeness (QED) is 0.428. The van der Waals surface area contributed by atoms with Gasteiger partial charge in [-0.2, -0.15) is 0 Å². The molecule has 1 fully saturated rings. The number of nitrogens with zero attached hydrogens (tertiary/aromatic N) is 2. The highest BCUT2D eigenvalue weighted by molar-refractivity contribution is 6.06. The number of nitrogens with one attached hydrogen (secondary N) is 1. The standard InChI is InChI=1S/C22H26N4O3/c1-15(14-20(27)29-2)13-16-3-7-18(8-4-16)25-11-12-26(22(25)28)19-9-5-17(6-10-19)21(23)24/h3-10,15H,11-14H2,1-2H3,(H3,23,24). The van der Waals surface area contributed by atoms with Crippen molar-refractivity contribution in [3.05, 3.63) is 59.7 Å². The van der Waals surface area contributed by atoms with E-state index in [2.05, 4.69) is 0 Å². The molecule has 1 aliphatic rings. The molecule has 0 saturated carbocycles. The number of nitrogen functional groups attached to an aromatic ring is 1. The molecule has 1 heterocycles. The largest absolute Gasteiger partial charge is 0.469 e. The van der Waals surface area contributed by atoms with E-state index in [4.69, 9.17) is 15.9 Å². The first-order chi connectivity index (χ1) is 13.9. The Kier molecular flexibility index (Phi) is 6.16. The molecule has 2 amide bonds. The van der Waals surface area contributed by atoms with Crippen LogP contribution in [-0.4, -0.2) is 38.0 Å². The lowest BCUT2D eigenvalue weighted by molar-refractivity contribution is -0.141. The molecule has 1 atom stereocenters. The van der Waals surface area contributed by atoms with E-state index in [0.29, 0.717) is 25.1 Å². The van der Waals surface area contributed by atoms with Gasteiger partial charge in [0.2, 0.25) is 0 Å². The van der Waals surface area contributed by atoms with Crippen LogP contribution in [-0.2, 0) is 16.0 Å².